The number of aliphatic hydroxyl groups excluding tert-OH is 1. The number of halogens is 3. The van der Waals surface area contributed by atoms with E-state index in [0.717, 1.165) is 6.08 Å². The molecule has 4 unspecified atom stereocenters. The van der Waals surface area contributed by atoms with Gasteiger partial charge in [-0.1, -0.05) is 13.0 Å². The fraction of sp³-hybridized carbons (Fsp3) is 0.560. The summed E-state index contributed by atoms with van der Waals surface area (Å²) in [5, 5.41) is 10.4. The molecular weight excluding hydrogens is 485 g/mol. The normalized spacial score (nSPS) is 42.0. The number of esters is 1. The number of aliphatic hydroxyl groups is 1. The van der Waals surface area contributed by atoms with Crippen LogP contribution < -0.4 is 0 Å². The molecule has 4 aliphatic carbocycles. The molecule has 10 heteroatoms. The minimum Gasteiger partial charge on any atom is -0.457 e. The van der Waals surface area contributed by atoms with E-state index in [2.05, 4.69) is 0 Å². The minimum atomic E-state index is -2.26. The number of allylic oxidation sites excluding steroid dienone is 4. The van der Waals surface area contributed by atoms with Crippen molar-refractivity contribution in [1.82, 2.24) is 0 Å². The van der Waals surface area contributed by atoms with Crippen LogP contribution in [0.5, 0.6) is 0 Å². The molecule has 0 aromatic carbocycles. The van der Waals surface area contributed by atoms with Gasteiger partial charge in [0.1, 0.15) is 17.8 Å². The molecule has 4 aliphatic rings. The first-order valence-electron chi connectivity index (χ1n) is 11.6. The lowest BCUT2D eigenvalue weighted by Gasteiger charge is -2.56. The molecule has 6 nitrogen and oxygen atoms in total. The Bertz CT molecular complexity index is 1100. The third-order valence-corrected chi connectivity index (χ3v) is 9.10. The molecule has 0 bridgehead atoms. The van der Waals surface area contributed by atoms with Gasteiger partial charge in [-0.05, 0) is 66.8 Å². The largest absolute Gasteiger partial charge is 0.457 e. The summed E-state index contributed by atoms with van der Waals surface area (Å²) in [6.07, 6.45) is 1.33. The predicted octanol–water partition coefficient (Wildman–Crippen LogP) is 4.15. The summed E-state index contributed by atoms with van der Waals surface area (Å²) < 4.78 is 56.2. The predicted molar refractivity (Wildman–Crippen MR) is 119 cm³/mol. The number of ether oxygens (including phenoxy) is 1. The Hall–Kier alpha value is -2.33. The van der Waals surface area contributed by atoms with E-state index in [4.69, 9.17) is 9.15 Å². The number of rotatable bonds is 4. The van der Waals surface area contributed by atoms with Gasteiger partial charge >= 0.3 is 5.97 Å². The fourth-order valence-electron chi connectivity index (χ4n) is 7.00. The molecule has 0 radical (unpaired) electrons. The first-order valence-corrected chi connectivity index (χ1v) is 12.6. The molecule has 9 atom stereocenters. The molecule has 1 aromatic rings. The number of ketones is 1. The Morgan fingerprint density at radius 3 is 2.74 bits per heavy atom. The summed E-state index contributed by atoms with van der Waals surface area (Å²) in [5.41, 5.74) is -4.09. The van der Waals surface area contributed by atoms with Crippen LogP contribution in [0.1, 0.15) is 36.7 Å². The van der Waals surface area contributed by atoms with Crippen LogP contribution in [0.4, 0.5) is 13.2 Å². The van der Waals surface area contributed by atoms with E-state index in [0.29, 0.717) is 11.8 Å². The van der Waals surface area contributed by atoms with Crippen molar-refractivity contribution >= 4 is 28.6 Å². The van der Waals surface area contributed by atoms with Crippen molar-refractivity contribution in [2.75, 3.05) is 6.01 Å². The summed E-state index contributed by atoms with van der Waals surface area (Å²) in [6, 6.07) is 1.78. The second-order valence-electron chi connectivity index (χ2n) is 9.88. The summed E-state index contributed by atoms with van der Waals surface area (Å²) in [7, 11) is 0. The number of alkyl halides is 3. The van der Waals surface area contributed by atoms with Gasteiger partial charge in [0.2, 0.25) is 10.9 Å². The van der Waals surface area contributed by atoms with Gasteiger partial charge in [-0.3, -0.25) is 9.59 Å². The monoisotopic (exact) mass is 510 g/mol. The average Bonchev–Trinajstić information content (AvgIpc) is 3.44. The number of furan rings is 1. The number of fused-ring (bicyclic) bond motifs is 5. The van der Waals surface area contributed by atoms with Crippen molar-refractivity contribution < 1.29 is 41.8 Å². The number of thioether (sulfide) groups is 1. The van der Waals surface area contributed by atoms with Gasteiger partial charge in [0.05, 0.1) is 12.4 Å². The molecule has 1 aromatic heterocycles. The van der Waals surface area contributed by atoms with Gasteiger partial charge in [0.15, 0.2) is 11.4 Å². The summed E-state index contributed by atoms with van der Waals surface area (Å²) >= 11 is 0.354. The van der Waals surface area contributed by atoms with Gasteiger partial charge in [-0.25, -0.2) is 18.0 Å². The second kappa shape index (κ2) is 8.65. The third kappa shape index (κ3) is 3.47. The Morgan fingerprint density at radius 2 is 2.06 bits per heavy atom. The van der Waals surface area contributed by atoms with Crippen molar-refractivity contribution in [3.63, 3.8) is 0 Å². The SMILES string of the molecule is C[C@@H]1CC2C3C[C@H](F)C4=CC(=O)C=CC4[C@]3(F)[C@@H](O)CC2[C@@]1(OC(=O)c1ccco1)C(=O)SCF. The van der Waals surface area contributed by atoms with Gasteiger partial charge in [-0.2, -0.15) is 0 Å². The summed E-state index contributed by atoms with van der Waals surface area (Å²) in [6.45, 7) is 1.66. The highest BCUT2D eigenvalue weighted by Crippen LogP contribution is 2.64. The van der Waals surface area contributed by atoms with E-state index in [9.17, 15) is 23.9 Å². The standard InChI is InChI=1S/C25H25F3O6S/c1-12-7-14-17-9-19(27)15-8-13(29)4-5-16(15)24(17,28)21(30)10-18(14)25(12,23(32)35-11-26)34-22(31)20-3-2-6-33-20/h2-6,8,12,14,16-19,21,30H,7,9-11H2,1H3/t12-,14?,16?,17?,18?,19+,21+,24-,25-/m1/s1. The maximum Gasteiger partial charge on any atom is 0.375 e. The highest BCUT2D eigenvalue weighted by Gasteiger charge is 2.71. The van der Waals surface area contributed by atoms with Crippen LogP contribution in [0.15, 0.2) is 46.6 Å². The molecule has 1 N–H and O–H groups in total. The van der Waals surface area contributed by atoms with Crippen LogP contribution in [0.2, 0.25) is 0 Å². The quantitative estimate of drug-likeness (QED) is 0.609. The fourth-order valence-corrected chi connectivity index (χ4v) is 7.72. The Kier molecular flexibility index (Phi) is 6.03. The molecule has 1 heterocycles. The lowest BCUT2D eigenvalue weighted by Crippen LogP contribution is -2.64. The van der Waals surface area contributed by atoms with E-state index >= 15 is 8.78 Å². The average molecular weight is 511 g/mol. The Balaban J connectivity index is 1.56. The maximum absolute atomic E-state index is 16.8. The highest BCUT2D eigenvalue weighted by molar-refractivity contribution is 8.13. The smallest absolute Gasteiger partial charge is 0.375 e. The number of hydrogen-bond acceptors (Lipinski definition) is 7. The van der Waals surface area contributed by atoms with E-state index < -0.39 is 76.0 Å². The molecule has 188 valence electrons. The third-order valence-electron chi connectivity index (χ3n) is 8.41. The zero-order chi connectivity index (χ0) is 25.1. The van der Waals surface area contributed by atoms with Crippen LogP contribution in [0.25, 0.3) is 0 Å². The molecular formula is C25H25F3O6S. The zero-order valence-electron chi connectivity index (χ0n) is 18.9. The van der Waals surface area contributed by atoms with E-state index in [1.54, 1.807) is 6.92 Å². The van der Waals surface area contributed by atoms with Crippen molar-refractivity contribution in [2.45, 2.75) is 49.7 Å². The van der Waals surface area contributed by atoms with Crippen LogP contribution in [-0.2, 0) is 14.3 Å². The molecule has 0 spiro atoms. The zero-order valence-corrected chi connectivity index (χ0v) is 19.7. The molecule has 0 saturated heterocycles. The van der Waals surface area contributed by atoms with Crippen molar-refractivity contribution in [2.24, 2.45) is 29.6 Å². The molecule has 35 heavy (non-hydrogen) atoms. The lowest BCUT2D eigenvalue weighted by atomic mass is 9.53. The topological polar surface area (TPSA) is 93.8 Å². The molecule has 0 amide bonds. The summed E-state index contributed by atoms with van der Waals surface area (Å²) in [5.74, 6) is -5.72. The molecule has 5 rings (SSSR count). The van der Waals surface area contributed by atoms with Gasteiger partial charge in [-0.15, -0.1) is 0 Å². The van der Waals surface area contributed by atoms with Crippen LogP contribution in [0.3, 0.4) is 0 Å². The van der Waals surface area contributed by atoms with Gasteiger partial charge < -0.3 is 14.3 Å². The Labute approximate surface area is 203 Å². The van der Waals surface area contributed by atoms with E-state index in [-0.39, 0.29) is 30.6 Å². The van der Waals surface area contributed by atoms with Crippen LogP contribution >= 0.6 is 11.8 Å². The highest BCUT2D eigenvalue weighted by atomic mass is 32.2. The number of carbonyl (C=O) groups excluding carboxylic acids is 3. The van der Waals surface area contributed by atoms with Gasteiger partial charge in [0.25, 0.3) is 0 Å². The van der Waals surface area contributed by atoms with Crippen LogP contribution in [0, 0.1) is 29.6 Å². The lowest BCUT2D eigenvalue weighted by molar-refractivity contribution is -0.176. The maximum atomic E-state index is 16.8. The van der Waals surface area contributed by atoms with Gasteiger partial charge in [0, 0.05) is 23.7 Å². The van der Waals surface area contributed by atoms with Crippen molar-refractivity contribution in [1.29, 1.82) is 0 Å². The number of hydrogen-bond donors (Lipinski definition) is 1. The first kappa shape index (κ1) is 24.4. The van der Waals surface area contributed by atoms with Crippen molar-refractivity contribution in [3.05, 3.63) is 48.0 Å². The van der Waals surface area contributed by atoms with E-state index in [1.165, 1.54) is 30.5 Å². The molecule has 3 fully saturated rings. The molecule has 3 saturated carbocycles. The summed E-state index contributed by atoms with van der Waals surface area (Å²) in [4.78, 5) is 38.0. The van der Waals surface area contributed by atoms with Crippen LogP contribution in [-0.4, -0.2) is 51.5 Å². The van der Waals surface area contributed by atoms with E-state index in [1.807, 2.05) is 0 Å². The Morgan fingerprint density at radius 1 is 1.29 bits per heavy atom. The second-order valence-corrected chi connectivity index (χ2v) is 10.8. The van der Waals surface area contributed by atoms with Crippen molar-refractivity contribution in [3.8, 4) is 0 Å². The minimum absolute atomic E-state index is 0.0133. The number of carbonyl (C=O) groups is 3. The molecule has 0 aliphatic heterocycles. The first-order chi connectivity index (χ1) is 16.6.